The summed E-state index contributed by atoms with van der Waals surface area (Å²) in [5.41, 5.74) is 1.33. The number of carbonyl (C=O) groups excluding carboxylic acids is 1. The monoisotopic (exact) mass is 330 g/mol. The molecule has 0 unspecified atom stereocenters. The summed E-state index contributed by atoms with van der Waals surface area (Å²) in [6, 6.07) is 10.5. The van der Waals surface area contributed by atoms with Crippen LogP contribution >= 0.6 is 0 Å². The van der Waals surface area contributed by atoms with Crippen molar-refractivity contribution in [2.45, 2.75) is 32.1 Å². The van der Waals surface area contributed by atoms with Crippen molar-refractivity contribution in [3.8, 4) is 0 Å². The first kappa shape index (κ1) is 17.4. The molecule has 2 aliphatic heterocycles. The van der Waals surface area contributed by atoms with Gasteiger partial charge < -0.3 is 9.64 Å². The Bertz CT molecular complexity index is 492. The van der Waals surface area contributed by atoms with Crippen molar-refractivity contribution in [3.63, 3.8) is 0 Å². The molecule has 2 fully saturated rings. The number of likely N-dealkylation sites (tertiary alicyclic amines) is 1. The van der Waals surface area contributed by atoms with E-state index in [1.165, 1.54) is 12.1 Å². The summed E-state index contributed by atoms with van der Waals surface area (Å²) in [6.45, 7) is 6.95. The minimum Gasteiger partial charge on any atom is -0.379 e. The van der Waals surface area contributed by atoms with E-state index in [4.69, 9.17) is 4.74 Å². The van der Waals surface area contributed by atoms with E-state index in [9.17, 15) is 4.79 Å². The molecule has 24 heavy (non-hydrogen) atoms. The van der Waals surface area contributed by atoms with Crippen LogP contribution in [0.2, 0.25) is 0 Å². The van der Waals surface area contributed by atoms with Crippen molar-refractivity contribution in [1.82, 2.24) is 9.80 Å². The number of ether oxygens (including phenoxy) is 1. The Labute approximate surface area is 145 Å². The van der Waals surface area contributed by atoms with Gasteiger partial charge in [-0.2, -0.15) is 0 Å². The summed E-state index contributed by atoms with van der Waals surface area (Å²) < 4.78 is 5.41. The van der Waals surface area contributed by atoms with Gasteiger partial charge in [0.2, 0.25) is 5.91 Å². The number of rotatable bonds is 6. The molecule has 4 heteroatoms. The molecule has 0 N–H and O–H groups in total. The van der Waals surface area contributed by atoms with Gasteiger partial charge in [-0.15, -0.1) is 0 Å². The Morgan fingerprint density at radius 2 is 1.75 bits per heavy atom. The van der Waals surface area contributed by atoms with Gasteiger partial charge in [-0.05, 0) is 37.2 Å². The van der Waals surface area contributed by atoms with Gasteiger partial charge in [0.15, 0.2) is 0 Å². The molecule has 0 aliphatic carbocycles. The quantitative estimate of drug-likeness (QED) is 0.804. The summed E-state index contributed by atoms with van der Waals surface area (Å²) in [5, 5.41) is 0. The van der Waals surface area contributed by atoms with Crippen LogP contribution in [0.5, 0.6) is 0 Å². The lowest BCUT2D eigenvalue weighted by molar-refractivity contribution is -0.132. The normalized spacial score (nSPS) is 20.2. The molecule has 1 aromatic carbocycles. The van der Waals surface area contributed by atoms with Crippen LogP contribution in [-0.2, 0) is 16.0 Å². The molecule has 2 aliphatic rings. The highest BCUT2D eigenvalue weighted by molar-refractivity contribution is 5.76. The van der Waals surface area contributed by atoms with Crippen LogP contribution in [0.1, 0.15) is 31.2 Å². The van der Waals surface area contributed by atoms with Crippen LogP contribution in [0, 0.1) is 5.92 Å². The van der Waals surface area contributed by atoms with E-state index in [1.54, 1.807) is 0 Å². The lowest BCUT2D eigenvalue weighted by Crippen LogP contribution is -2.44. The van der Waals surface area contributed by atoms with E-state index in [0.29, 0.717) is 12.3 Å². The third kappa shape index (κ3) is 5.32. The van der Waals surface area contributed by atoms with Gasteiger partial charge in [-0.1, -0.05) is 30.3 Å². The third-order valence-corrected chi connectivity index (χ3v) is 5.29. The van der Waals surface area contributed by atoms with E-state index >= 15 is 0 Å². The molecule has 4 nitrogen and oxygen atoms in total. The maximum absolute atomic E-state index is 12.4. The number of benzene rings is 1. The number of morpholine rings is 1. The predicted molar refractivity (Wildman–Crippen MR) is 95.9 cm³/mol. The molecule has 2 saturated heterocycles. The summed E-state index contributed by atoms with van der Waals surface area (Å²) in [6.07, 6.45) is 4.95. The van der Waals surface area contributed by atoms with Crippen LogP contribution < -0.4 is 0 Å². The zero-order valence-electron chi connectivity index (χ0n) is 14.7. The summed E-state index contributed by atoms with van der Waals surface area (Å²) in [5.74, 6) is 1.09. The van der Waals surface area contributed by atoms with Gasteiger partial charge in [-0.3, -0.25) is 9.69 Å². The molecule has 0 radical (unpaired) electrons. The van der Waals surface area contributed by atoms with Crippen molar-refractivity contribution >= 4 is 5.91 Å². The van der Waals surface area contributed by atoms with Crippen LogP contribution in [0.15, 0.2) is 30.3 Å². The van der Waals surface area contributed by atoms with Gasteiger partial charge in [-0.25, -0.2) is 0 Å². The number of nitrogens with zero attached hydrogens (tertiary/aromatic N) is 2. The molecule has 0 spiro atoms. The zero-order chi connectivity index (χ0) is 16.6. The Morgan fingerprint density at radius 3 is 2.46 bits per heavy atom. The molecular weight excluding hydrogens is 300 g/mol. The van der Waals surface area contributed by atoms with Crippen LogP contribution in [0.4, 0.5) is 0 Å². The maximum Gasteiger partial charge on any atom is 0.222 e. The van der Waals surface area contributed by atoms with E-state index in [1.807, 2.05) is 6.07 Å². The summed E-state index contributed by atoms with van der Waals surface area (Å²) in [4.78, 5) is 17.0. The van der Waals surface area contributed by atoms with Crippen LogP contribution in [0.3, 0.4) is 0 Å². The lowest BCUT2D eigenvalue weighted by Gasteiger charge is -2.36. The molecule has 1 amide bonds. The fourth-order valence-corrected chi connectivity index (χ4v) is 3.76. The highest BCUT2D eigenvalue weighted by Gasteiger charge is 2.24. The minimum atomic E-state index is 0.343. The van der Waals surface area contributed by atoms with Gasteiger partial charge in [0, 0.05) is 39.1 Å². The number of amides is 1. The Kier molecular flexibility index (Phi) is 6.67. The second-order valence-electron chi connectivity index (χ2n) is 7.08. The average Bonchev–Trinajstić information content (AvgIpc) is 2.64. The average molecular weight is 330 g/mol. The van der Waals surface area contributed by atoms with E-state index < -0.39 is 0 Å². The fraction of sp³-hybridized carbons (Fsp3) is 0.650. The number of hydrogen-bond donors (Lipinski definition) is 0. The topological polar surface area (TPSA) is 32.8 Å². The highest BCUT2D eigenvalue weighted by Crippen LogP contribution is 2.20. The van der Waals surface area contributed by atoms with Gasteiger partial charge in [0.25, 0.3) is 0 Å². The van der Waals surface area contributed by atoms with Gasteiger partial charge in [0.1, 0.15) is 0 Å². The number of carbonyl (C=O) groups is 1. The summed E-state index contributed by atoms with van der Waals surface area (Å²) >= 11 is 0. The van der Waals surface area contributed by atoms with Gasteiger partial charge >= 0.3 is 0 Å². The molecule has 3 rings (SSSR count). The van der Waals surface area contributed by atoms with Crippen LogP contribution in [-0.4, -0.2) is 61.6 Å². The first-order chi connectivity index (χ1) is 11.8. The zero-order valence-corrected chi connectivity index (χ0v) is 14.7. The lowest BCUT2D eigenvalue weighted by atomic mass is 9.95. The Morgan fingerprint density at radius 1 is 1.04 bits per heavy atom. The van der Waals surface area contributed by atoms with Crippen molar-refractivity contribution in [3.05, 3.63) is 35.9 Å². The van der Waals surface area contributed by atoms with Crippen molar-refractivity contribution in [2.75, 3.05) is 45.9 Å². The molecule has 2 heterocycles. The number of aryl methyl sites for hydroxylation is 1. The Balaban J connectivity index is 1.32. The highest BCUT2D eigenvalue weighted by atomic mass is 16.5. The van der Waals surface area contributed by atoms with E-state index in [2.05, 4.69) is 34.1 Å². The SMILES string of the molecule is O=C(CCCc1ccccc1)N1CCC(CN2CCOCC2)CC1. The summed E-state index contributed by atoms with van der Waals surface area (Å²) in [7, 11) is 0. The van der Waals surface area contributed by atoms with E-state index in [0.717, 1.165) is 71.0 Å². The molecule has 0 atom stereocenters. The minimum absolute atomic E-state index is 0.343. The molecule has 1 aromatic rings. The molecular formula is C20H30N2O2. The second kappa shape index (κ2) is 9.19. The fourth-order valence-electron chi connectivity index (χ4n) is 3.76. The van der Waals surface area contributed by atoms with Crippen molar-refractivity contribution in [2.24, 2.45) is 5.92 Å². The van der Waals surface area contributed by atoms with E-state index in [-0.39, 0.29) is 0 Å². The molecule has 0 aromatic heterocycles. The number of piperidine rings is 1. The molecule has 0 bridgehead atoms. The second-order valence-corrected chi connectivity index (χ2v) is 7.08. The third-order valence-electron chi connectivity index (χ3n) is 5.29. The van der Waals surface area contributed by atoms with Crippen molar-refractivity contribution in [1.29, 1.82) is 0 Å². The van der Waals surface area contributed by atoms with Gasteiger partial charge in [0.05, 0.1) is 13.2 Å². The number of hydrogen-bond acceptors (Lipinski definition) is 3. The molecule has 132 valence electrons. The standard InChI is InChI=1S/C20H30N2O2/c23-20(8-4-7-18-5-2-1-3-6-18)22-11-9-19(10-12-22)17-21-13-15-24-16-14-21/h1-3,5-6,19H,4,7-17H2. The first-order valence-corrected chi connectivity index (χ1v) is 9.43. The largest absolute Gasteiger partial charge is 0.379 e. The predicted octanol–water partition coefficient (Wildman–Crippen LogP) is 2.58. The van der Waals surface area contributed by atoms with Crippen LogP contribution in [0.25, 0.3) is 0 Å². The maximum atomic E-state index is 12.4. The first-order valence-electron chi connectivity index (χ1n) is 9.43. The van der Waals surface area contributed by atoms with Crippen molar-refractivity contribution < 1.29 is 9.53 Å². The smallest absolute Gasteiger partial charge is 0.222 e. The molecule has 0 saturated carbocycles. The Hall–Kier alpha value is -1.39.